The van der Waals surface area contributed by atoms with Gasteiger partial charge in [0.1, 0.15) is 73.9 Å². The number of rotatable bonds is 3. The summed E-state index contributed by atoms with van der Waals surface area (Å²) >= 11 is 0. The van der Waals surface area contributed by atoms with E-state index in [-0.39, 0.29) is 49.1 Å². The molecule has 1 aromatic heterocycles. The number of hydrogen-bond acceptors (Lipinski definition) is 1. The van der Waals surface area contributed by atoms with Crippen LogP contribution in [0, 0.1) is 0 Å². The van der Waals surface area contributed by atoms with Crippen molar-refractivity contribution in [2.24, 2.45) is 0 Å². The van der Waals surface area contributed by atoms with Gasteiger partial charge in [-0.05, 0) is 118 Å². The van der Waals surface area contributed by atoms with Gasteiger partial charge < -0.3 is 4.42 Å². The largest absolute Gasteiger partial charge is 0.456 e. The third kappa shape index (κ3) is 5.05. The zero-order valence-electron chi connectivity index (χ0n) is 33.1. The first-order chi connectivity index (χ1) is 28.8. The molecule has 0 saturated carbocycles. The van der Waals surface area contributed by atoms with Crippen LogP contribution in [-0.2, 0) is 5.41 Å². The lowest BCUT2D eigenvalue weighted by molar-refractivity contribution is 0.660. The molecule has 1 nitrogen and oxygen atoms in total. The van der Waals surface area contributed by atoms with Gasteiger partial charge in [0.15, 0.2) is 0 Å². The van der Waals surface area contributed by atoms with Gasteiger partial charge in [-0.25, -0.2) is 0 Å². The van der Waals surface area contributed by atoms with Gasteiger partial charge in [-0.2, -0.15) is 0 Å². The SMILES string of the molecule is [B]c1c([B])c([B])c2c(-c3ccc4c(c3)C(C)(C)c3ccccc3-4)c3c([B])c([B])c([B])c([B])c3c(-c3ccc(-c4ccc5oc6cc7ccccc7cc6c5c4)cc3)c2c1[B]. The molecule has 1 aliphatic rings. The van der Waals surface area contributed by atoms with E-state index in [4.69, 9.17) is 67.2 Å². The molecule has 10 aromatic rings. The third-order valence-corrected chi connectivity index (χ3v) is 13.0. The van der Waals surface area contributed by atoms with Crippen LogP contribution in [0.15, 0.2) is 126 Å². The molecular weight excluding hydrogens is 715 g/mol. The van der Waals surface area contributed by atoms with E-state index in [2.05, 4.69) is 105 Å². The van der Waals surface area contributed by atoms with Crippen molar-refractivity contribution < 1.29 is 4.42 Å². The second-order valence-corrected chi connectivity index (χ2v) is 16.6. The van der Waals surface area contributed by atoms with E-state index in [0.717, 1.165) is 66.1 Å². The molecule has 1 heterocycles. The Morgan fingerprint density at radius 3 is 1.45 bits per heavy atom. The molecule has 0 aliphatic heterocycles. The van der Waals surface area contributed by atoms with Gasteiger partial charge in [0.25, 0.3) is 0 Å². The van der Waals surface area contributed by atoms with E-state index < -0.39 is 0 Å². The minimum atomic E-state index is -0.291. The highest BCUT2D eigenvalue weighted by Gasteiger charge is 2.36. The predicted octanol–water partition coefficient (Wildman–Crippen LogP) is 4.70. The summed E-state index contributed by atoms with van der Waals surface area (Å²) in [6.45, 7) is 4.47. The molecule has 0 N–H and O–H groups in total. The highest BCUT2D eigenvalue weighted by molar-refractivity contribution is 6.71. The molecule has 0 atom stereocenters. The third-order valence-electron chi connectivity index (χ3n) is 13.0. The van der Waals surface area contributed by atoms with Crippen molar-refractivity contribution in [3.63, 3.8) is 0 Å². The van der Waals surface area contributed by atoms with Crippen LogP contribution in [-0.4, -0.2) is 62.8 Å². The Hall–Kier alpha value is -5.92. The van der Waals surface area contributed by atoms with Gasteiger partial charge in [-0.3, -0.25) is 0 Å². The molecular formula is C51H26B8O. The average molecular weight is 741 g/mol. The van der Waals surface area contributed by atoms with Crippen molar-refractivity contribution in [2.45, 2.75) is 19.3 Å². The average Bonchev–Trinajstić information content (AvgIpc) is 3.74. The molecule has 0 saturated heterocycles. The first kappa shape index (κ1) is 37.1. The van der Waals surface area contributed by atoms with Crippen LogP contribution in [0.2, 0.25) is 0 Å². The molecule has 0 unspecified atom stereocenters. The Balaban J connectivity index is 1.17. The fourth-order valence-corrected chi connectivity index (χ4v) is 9.85. The van der Waals surface area contributed by atoms with Crippen LogP contribution in [0.4, 0.5) is 0 Å². The van der Waals surface area contributed by atoms with Crippen molar-refractivity contribution in [1.82, 2.24) is 0 Å². The second-order valence-electron chi connectivity index (χ2n) is 16.6. The summed E-state index contributed by atoms with van der Waals surface area (Å²) in [4.78, 5) is 0. The molecule has 0 spiro atoms. The lowest BCUT2D eigenvalue weighted by atomic mass is 9.59. The predicted molar refractivity (Wildman–Crippen MR) is 263 cm³/mol. The minimum absolute atomic E-state index is 0.178. The molecule has 16 radical (unpaired) electrons. The highest BCUT2D eigenvalue weighted by Crippen LogP contribution is 2.51. The molecule has 0 bridgehead atoms. The zero-order valence-corrected chi connectivity index (χ0v) is 33.1. The number of furan rings is 1. The van der Waals surface area contributed by atoms with E-state index in [0.29, 0.717) is 32.7 Å². The topological polar surface area (TPSA) is 13.1 Å². The molecule has 260 valence electrons. The Bertz CT molecular complexity index is 3470. The lowest BCUT2D eigenvalue weighted by Crippen LogP contribution is -2.50. The van der Waals surface area contributed by atoms with Gasteiger partial charge in [0.05, 0.1) is 0 Å². The fourth-order valence-electron chi connectivity index (χ4n) is 9.85. The molecule has 0 amide bonds. The molecule has 9 aromatic carbocycles. The van der Waals surface area contributed by atoms with E-state index in [1.807, 2.05) is 30.3 Å². The van der Waals surface area contributed by atoms with Gasteiger partial charge in [-0.15, -0.1) is 21.9 Å². The maximum atomic E-state index is 7.07. The quantitative estimate of drug-likeness (QED) is 0.189. The van der Waals surface area contributed by atoms with Crippen molar-refractivity contribution in [3.8, 4) is 44.5 Å². The first-order valence-corrected chi connectivity index (χ1v) is 19.8. The van der Waals surface area contributed by atoms with E-state index >= 15 is 0 Å². The van der Waals surface area contributed by atoms with E-state index in [1.165, 1.54) is 11.1 Å². The summed E-state index contributed by atoms with van der Waals surface area (Å²) in [6.07, 6.45) is 0. The van der Waals surface area contributed by atoms with Gasteiger partial charge in [0.2, 0.25) is 0 Å². The summed E-state index contributed by atoms with van der Waals surface area (Å²) in [6, 6.07) is 42.0. The smallest absolute Gasteiger partial charge is 0.136 e. The Morgan fingerprint density at radius 1 is 0.367 bits per heavy atom. The maximum absolute atomic E-state index is 7.07. The van der Waals surface area contributed by atoms with Crippen molar-refractivity contribution >= 4 is 161 Å². The number of hydrogen-bond donors (Lipinski definition) is 0. The van der Waals surface area contributed by atoms with Crippen LogP contribution in [0.25, 0.3) is 98.8 Å². The molecule has 11 rings (SSSR count). The van der Waals surface area contributed by atoms with Crippen molar-refractivity contribution in [1.29, 1.82) is 0 Å². The maximum Gasteiger partial charge on any atom is 0.136 e. The Kier molecular flexibility index (Phi) is 8.06. The van der Waals surface area contributed by atoms with E-state index in [9.17, 15) is 0 Å². The summed E-state index contributed by atoms with van der Waals surface area (Å²) in [5.74, 6) is 0. The lowest BCUT2D eigenvalue weighted by Gasteiger charge is -2.29. The van der Waals surface area contributed by atoms with Crippen molar-refractivity contribution in [2.75, 3.05) is 0 Å². The molecule has 9 heteroatoms. The van der Waals surface area contributed by atoms with Crippen LogP contribution >= 0.6 is 0 Å². The molecule has 1 aliphatic carbocycles. The summed E-state index contributed by atoms with van der Waals surface area (Å²) in [7, 11) is 55.0. The minimum Gasteiger partial charge on any atom is -0.456 e. The van der Waals surface area contributed by atoms with Gasteiger partial charge in [0, 0.05) is 16.2 Å². The Labute approximate surface area is 359 Å². The molecule has 0 fully saturated rings. The first-order valence-electron chi connectivity index (χ1n) is 19.8. The normalized spacial score (nSPS) is 13.2. The van der Waals surface area contributed by atoms with Crippen LogP contribution in [0.1, 0.15) is 25.0 Å². The van der Waals surface area contributed by atoms with Gasteiger partial charge >= 0.3 is 0 Å². The standard InChI is InChI=1S/C51H26B8O/c1-51(2)33-10-6-5-9-29(33)30-17-15-28(21-34(30)51)38-41-39(43(52)47(56)49(58)45(41)54)37(40-42(38)46(55)50(59)48(57)44(40)53)24-13-11-23(12-14-24)27-16-18-35-31(20-27)32-19-25-7-3-4-8-26(25)22-36(32)60-35/h3-22H,1-2H3. The summed E-state index contributed by atoms with van der Waals surface area (Å²) < 4.78 is 6.29. The monoisotopic (exact) mass is 742 g/mol. The van der Waals surface area contributed by atoms with Crippen LogP contribution < -0.4 is 43.7 Å². The zero-order chi connectivity index (χ0) is 41.5. The second kappa shape index (κ2) is 13.0. The Morgan fingerprint density at radius 2 is 0.833 bits per heavy atom. The van der Waals surface area contributed by atoms with Crippen LogP contribution in [0.5, 0.6) is 0 Å². The summed E-state index contributed by atoms with van der Waals surface area (Å²) in [5, 5.41) is 6.76. The molecule has 60 heavy (non-hydrogen) atoms. The summed E-state index contributed by atoms with van der Waals surface area (Å²) in [5.41, 5.74) is 13.0. The highest BCUT2D eigenvalue weighted by atomic mass is 16.3. The van der Waals surface area contributed by atoms with Gasteiger partial charge in [-0.1, -0.05) is 127 Å². The number of benzene rings is 9. The number of fused-ring (bicyclic) bond motifs is 9. The van der Waals surface area contributed by atoms with Crippen LogP contribution in [0.3, 0.4) is 0 Å². The van der Waals surface area contributed by atoms with E-state index in [1.54, 1.807) is 0 Å². The van der Waals surface area contributed by atoms with Crippen molar-refractivity contribution in [3.05, 3.63) is 132 Å². The fraction of sp³-hybridized carbons (Fsp3) is 0.0588.